The molecule has 0 radical (unpaired) electrons. The minimum absolute atomic E-state index is 0.485. The fraction of sp³-hybridized carbons (Fsp3) is 0.318. The normalized spacial score (nSPS) is 11.5. The molecule has 4 aromatic rings. The monoisotopic (exact) mass is 407 g/mol. The zero-order valence-corrected chi connectivity index (χ0v) is 18.0. The summed E-state index contributed by atoms with van der Waals surface area (Å²) >= 11 is 1.69. The highest BCUT2D eigenvalue weighted by Crippen LogP contribution is 2.28. The Kier molecular flexibility index (Phi) is 5.58. The third-order valence-corrected chi connectivity index (χ3v) is 5.60. The van der Waals surface area contributed by atoms with Crippen molar-refractivity contribution in [3.8, 4) is 17.3 Å². The molecule has 0 bridgehead atoms. The molecule has 0 aliphatic rings. The number of benzene rings is 1. The van der Waals surface area contributed by atoms with Crippen LogP contribution in [0.25, 0.3) is 17.3 Å². The van der Waals surface area contributed by atoms with E-state index in [1.165, 1.54) is 5.56 Å². The van der Waals surface area contributed by atoms with Gasteiger partial charge in [0.1, 0.15) is 0 Å². The maximum Gasteiger partial charge on any atom is 0.200 e. The predicted octanol–water partition coefficient (Wildman–Crippen LogP) is 5.29. The van der Waals surface area contributed by atoms with Crippen molar-refractivity contribution >= 4 is 11.8 Å². The summed E-state index contributed by atoms with van der Waals surface area (Å²) < 4.78 is 9.67. The fourth-order valence-electron chi connectivity index (χ4n) is 3.28. The molecule has 0 aliphatic heterocycles. The van der Waals surface area contributed by atoms with Crippen molar-refractivity contribution in [2.75, 3.05) is 0 Å². The molecular formula is C22H25N5OS. The first-order valence-electron chi connectivity index (χ1n) is 9.73. The Morgan fingerprint density at radius 2 is 1.86 bits per heavy atom. The molecule has 0 spiro atoms. The third-order valence-electron chi connectivity index (χ3n) is 4.56. The standard InChI is InChI=1S/C22H25N5OS/c1-15(2)13-26-21(20-6-5-11-28-20)23-24-22(26)29-14-18-7-9-19(10-8-18)27-17(4)12-16(3)25-27/h5-12,15H,13-14H2,1-4H3. The Labute approximate surface area is 175 Å². The van der Waals surface area contributed by atoms with Crippen LogP contribution in [0.4, 0.5) is 0 Å². The molecule has 6 nitrogen and oxygen atoms in total. The molecule has 29 heavy (non-hydrogen) atoms. The van der Waals surface area contributed by atoms with Crippen molar-refractivity contribution < 1.29 is 4.42 Å². The Morgan fingerprint density at radius 1 is 1.07 bits per heavy atom. The van der Waals surface area contributed by atoms with Crippen LogP contribution < -0.4 is 0 Å². The molecule has 0 fully saturated rings. The molecule has 4 rings (SSSR count). The van der Waals surface area contributed by atoms with Crippen LogP contribution in [0.5, 0.6) is 0 Å². The van der Waals surface area contributed by atoms with Gasteiger partial charge in [-0.25, -0.2) is 4.68 Å². The lowest BCUT2D eigenvalue weighted by Gasteiger charge is -2.11. The Balaban J connectivity index is 1.51. The quantitative estimate of drug-likeness (QED) is 0.390. The van der Waals surface area contributed by atoms with Crippen molar-refractivity contribution in [1.29, 1.82) is 0 Å². The van der Waals surface area contributed by atoms with E-state index < -0.39 is 0 Å². The number of rotatable bonds is 7. The summed E-state index contributed by atoms with van der Waals surface area (Å²) in [5, 5.41) is 14.3. The van der Waals surface area contributed by atoms with Gasteiger partial charge in [0.15, 0.2) is 16.7 Å². The molecule has 7 heteroatoms. The van der Waals surface area contributed by atoms with Crippen molar-refractivity contribution in [1.82, 2.24) is 24.5 Å². The Hall–Kier alpha value is -2.80. The molecule has 0 saturated carbocycles. The topological polar surface area (TPSA) is 61.7 Å². The summed E-state index contributed by atoms with van der Waals surface area (Å²) in [6.45, 7) is 9.32. The summed E-state index contributed by atoms with van der Waals surface area (Å²) in [7, 11) is 0. The molecule has 1 aromatic carbocycles. The van der Waals surface area contributed by atoms with Crippen molar-refractivity contribution in [3.05, 3.63) is 65.7 Å². The van der Waals surface area contributed by atoms with Gasteiger partial charge in [-0.15, -0.1) is 10.2 Å². The Bertz CT molecular complexity index is 1080. The van der Waals surface area contributed by atoms with Gasteiger partial charge in [0.25, 0.3) is 0 Å². The summed E-state index contributed by atoms with van der Waals surface area (Å²) in [6.07, 6.45) is 1.67. The molecule has 0 unspecified atom stereocenters. The zero-order chi connectivity index (χ0) is 20.4. The smallest absolute Gasteiger partial charge is 0.200 e. The lowest BCUT2D eigenvalue weighted by Crippen LogP contribution is -2.07. The van der Waals surface area contributed by atoms with E-state index in [0.29, 0.717) is 5.92 Å². The van der Waals surface area contributed by atoms with Crippen LogP contribution in [0.15, 0.2) is 58.3 Å². The van der Waals surface area contributed by atoms with Gasteiger partial charge in [0, 0.05) is 18.0 Å². The fourth-order valence-corrected chi connectivity index (χ4v) is 4.19. The SMILES string of the molecule is Cc1cc(C)n(-c2ccc(CSc3nnc(-c4ccco4)n3CC(C)C)cc2)n1. The van der Waals surface area contributed by atoms with Crippen LogP contribution in [0.1, 0.15) is 30.8 Å². The number of aromatic nitrogens is 5. The van der Waals surface area contributed by atoms with Crippen LogP contribution in [0, 0.1) is 19.8 Å². The van der Waals surface area contributed by atoms with Gasteiger partial charge in [-0.1, -0.05) is 37.7 Å². The minimum atomic E-state index is 0.485. The van der Waals surface area contributed by atoms with Crippen molar-refractivity contribution in [2.45, 2.75) is 45.1 Å². The van der Waals surface area contributed by atoms with Crippen molar-refractivity contribution in [3.63, 3.8) is 0 Å². The summed E-state index contributed by atoms with van der Waals surface area (Å²) in [5.41, 5.74) is 4.47. The average Bonchev–Trinajstić information content (AvgIpc) is 3.41. The third kappa shape index (κ3) is 4.29. The van der Waals surface area contributed by atoms with Gasteiger partial charge in [-0.3, -0.25) is 4.57 Å². The number of thioether (sulfide) groups is 1. The van der Waals surface area contributed by atoms with E-state index in [0.717, 1.165) is 46.1 Å². The van der Waals surface area contributed by atoms with Gasteiger partial charge in [0.05, 0.1) is 17.6 Å². The van der Waals surface area contributed by atoms with Gasteiger partial charge < -0.3 is 4.42 Å². The number of hydrogen-bond acceptors (Lipinski definition) is 5. The highest BCUT2D eigenvalue weighted by molar-refractivity contribution is 7.98. The van der Waals surface area contributed by atoms with Gasteiger partial charge >= 0.3 is 0 Å². The maximum absolute atomic E-state index is 5.54. The zero-order valence-electron chi connectivity index (χ0n) is 17.2. The van der Waals surface area contributed by atoms with E-state index in [2.05, 4.69) is 71.0 Å². The number of aryl methyl sites for hydroxylation is 2. The van der Waals surface area contributed by atoms with Crippen LogP contribution >= 0.6 is 11.8 Å². The number of nitrogens with zero attached hydrogens (tertiary/aromatic N) is 5. The molecular weight excluding hydrogens is 382 g/mol. The molecule has 0 N–H and O–H groups in total. The minimum Gasteiger partial charge on any atom is -0.461 e. The van der Waals surface area contributed by atoms with E-state index in [4.69, 9.17) is 4.42 Å². The number of furan rings is 1. The first-order valence-corrected chi connectivity index (χ1v) is 10.7. The van der Waals surface area contributed by atoms with E-state index >= 15 is 0 Å². The highest BCUT2D eigenvalue weighted by atomic mass is 32.2. The second-order valence-electron chi connectivity index (χ2n) is 7.58. The maximum atomic E-state index is 5.54. The predicted molar refractivity (Wildman–Crippen MR) is 115 cm³/mol. The van der Waals surface area contributed by atoms with E-state index in [9.17, 15) is 0 Å². The van der Waals surface area contributed by atoms with Gasteiger partial charge in [0.2, 0.25) is 0 Å². The van der Waals surface area contributed by atoms with Crippen LogP contribution in [-0.2, 0) is 12.3 Å². The molecule has 0 aliphatic carbocycles. The molecule has 150 valence electrons. The highest BCUT2D eigenvalue weighted by Gasteiger charge is 2.17. The summed E-state index contributed by atoms with van der Waals surface area (Å²) in [4.78, 5) is 0. The van der Waals surface area contributed by atoms with Gasteiger partial charge in [-0.05, 0) is 55.7 Å². The van der Waals surface area contributed by atoms with Crippen LogP contribution in [0.3, 0.4) is 0 Å². The summed E-state index contributed by atoms with van der Waals surface area (Å²) in [6, 6.07) is 14.4. The summed E-state index contributed by atoms with van der Waals surface area (Å²) in [5.74, 6) is 2.84. The first-order chi connectivity index (χ1) is 14.0. The molecule has 0 atom stereocenters. The molecule has 3 heterocycles. The second kappa shape index (κ2) is 8.29. The average molecular weight is 408 g/mol. The Morgan fingerprint density at radius 3 is 2.48 bits per heavy atom. The van der Waals surface area contributed by atoms with E-state index in [-0.39, 0.29) is 0 Å². The van der Waals surface area contributed by atoms with Crippen molar-refractivity contribution in [2.24, 2.45) is 5.92 Å². The van der Waals surface area contributed by atoms with Crippen LogP contribution in [0.2, 0.25) is 0 Å². The largest absolute Gasteiger partial charge is 0.461 e. The first kappa shape index (κ1) is 19.5. The lowest BCUT2D eigenvalue weighted by molar-refractivity contribution is 0.489. The van der Waals surface area contributed by atoms with E-state index in [1.807, 2.05) is 23.7 Å². The molecule has 0 amide bonds. The number of hydrogen-bond donors (Lipinski definition) is 0. The molecule has 3 aromatic heterocycles. The lowest BCUT2D eigenvalue weighted by atomic mass is 10.2. The molecule has 0 saturated heterocycles. The second-order valence-corrected chi connectivity index (χ2v) is 8.52. The van der Waals surface area contributed by atoms with Crippen LogP contribution in [-0.4, -0.2) is 24.5 Å². The van der Waals surface area contributed by atoms with E-state index in [1.54, 1.807) is 18.0 Å². The van der Waals surface area contributed by atoms with Gasteiger partial charge in [-0.2, -0.15) is 5.10 Å².